The summed E-state index contributed by atoms with van der Waals surface area (Å²) < 4.78 is 7.97. The number of aromatic nitrogens is 2. The summed E-state index contributed by atoms with van der Waals surface area (Å²) in [5.74, 6) is 1.27. The van der Waals surface area contributed by atoms with E-state index in [1.54, 1.807) is 15.8 Å². The summed E-state index contributed by atoms with van der Waals surface area (Å²) in [5, 5.41) is 4.94. The number of nitrogens with zero attached hydrogens (tertiary/aromatic N) is 4. The van der Waals surface area contributed by atoms with E-state index in [4.69, 9.17) is 16.3 Å². The largest absolute Gasteiger partial charge is 0.489 e. The van der Waals surface area contributed by atoms with Crippen LogP contribution in [0.1, 0.15) is 48.5 Å². The molecule has 162 valence electrons. The summed E-state index contributed by atoms with van der Waals surface area (Å²) in [4.78, 5) is 16.8. The average molecular weight is 431 g/mol. The first-order valence-corrected chi connectivity index (χ1v) is 11.4. The molecule has 1 saturated heterocycles. The molecule has 2 aromatic rings. The Kier molecular flexibility index (Phi) is 6.64. The van der Waals surface area contributed by atoms with Gasteiger partial charge in [-0.1, -0.05) is 23.7 Å². The van der Waals surface area contributed by atoms with E-state index in [1.807, 2.05) is 32.3 Å². The molecule has 1 aromatic heterocycles. The standard InChI is InChI=1S/C23H31ClN4O2/c1-3-28-16-19(13-25-28)23(29)26(2)14-17-11-20(12-17)30-21-8-6-7-18(22(21)24)15-27-9-4-5-10-27/h6-8,13,16-17,20H,3-5,9-12,14-15H2,1-2H3. The Morgan fingerprint density at radius 3 is 2.77 bits per heavy atom. The van der Waals surface area contributed by atoms with Crippen LogP contribution in [0.5, 0.6) is 5.75 Å². The first-order chi connectivity index (χ1) is 14.5. The smallest absolute Gasteiger partial charge is 0.256 e. The molecule has 0 N–H and O–H groups in total. The van der Waals surface area contributed by atoms with Gasteiger partial charge in [0.05, 0.1) is 22.9 Å². The van der Waals surface area contributed by atoms with Crippen molar-refractivity contribution in [1.82, 2.24) is 19.6 Å². The zero-order valence-corrected chi connectivity index (χ0v) is 18.6. The van der Waals surface area contributed by atoms with Crippen LogP contribution >= 0.6 is 11.6 Å². The van der Waals surface area contributed by atoms with Crippen LogP contribution < -0.4 is 4.74 Å². The molecule has 0 unspecified atom stereocenters. The Bertz CT molecular complexity index is 872. The number of hydrogen-bond acceptors (Lipinski definition) is 4. The Balaban J connectivity index is 1.26. The van der Waals surface area contributed by atoms with Gasteiger partial charge < -0.3 is 9.64 Å². The van der Waals surface area contributed by atoms with E-state index in [1.165, 1.54) is 12.8 Å². The zero-order valence-electron chi connectivity index (χ0n) is 17.9. The van der Waals surface area contributed by atoms with Crippen molar-refractivity contribution < 1.29 is 9.53 Å². The van der Waals surface area contributed by atoms with Crippen molar-refractivity contribution in [3.63, 3.8) is 0 Å². The molecule has 1 aromatic carbocycles. The number of hydrogen-bond donors (Lipinski definition) is 0. The number of halogens is 1. The minimum Gasteiger partial charge on any atom is -0.489 e. The van der Waals surface area contributed by atoms with Crippen molar-refractivity contribution in [2.24, 2.45) is 5.92 Å². The summed E-state index contributed by atoms with van der Waals surface area (Å²) in [6.07, 6.45) is 8.05. The first kappa shape index (κ1) is 21.2. The van der Waals surface area contributed by atoms with Gasteiger partial charge in [0.25, 0.3) is 5.91 Å². The minimum atomic E-state index is 0.0247. The Labute approximate surface area is 183 Å². The molecule has 2 aliphatic rings. The minimum absolute atomic E-state index is 0.0247. The highest BCUT2D eigenvalue weighted by molar-refractivity contribution is 6.32. The van der Waals surface area contributed by atoms with Gasteiger partial charge in [-0.25, -0.2) is 0 Å². The molecular formula is C23H31ClN4O2. The monoisotopic (exact) mass is 430 g/mol. The number of ether oxygens (including phenoxy) is 1. The number of carbonyl (C=O) groups is 1. The first-order valence-electron chi connectivity index (χ1n) is 11.0. The SMILES string of the molecule is CCn1cc(C(=O)N(C)CC2CC(Oc3cccc(CN4CCCC4)c3Cl)C2)cn1. The van der Waals surface area contributed by atoms with Crippen LogP contribution in [0.25, 0.3) is 0 Å². The molecule has 30 heavy (non-hydrogen) atoms. The van der Waals surface area contributed by atoms with Crippen molar-refractivity contribution in [2.45, 2.75) is 51.8 Å². The lowest BCUT2D eigenvalue weighted by Gasteiger charge is -2.37. The van der Waals surface area contributed by atoms with Crippen LogP contribution in [-0.4, -0.2) is 58.3 Å². The lowest BCUT2D eigenvalue weighted by molar-refractivity contribution is 0.0419. The van der Waals surface area contributed by atoms with Crippen molar-refractivity contribution in [1.29, 1.82) is 0 Å². The third-order valence-corrected chi connectivity index (χ3v) is 6.63. The van der Waals surface area contributed by atoms with Crippen LogP contribution in [0.2, 0.25) is 5.02 Å². The highest BCUT2D eigenvalue weighted by atomic mass is 35.5. The predicted molar refractivity (Wildman–Crippen MR) is 118 cm³/mol. The van der Waals surface area contributed by atoms with Gasteiger partial charge in [-0.3, -0.25) is 14.4 Å². The van der Waals surface area contributed by atoms with E-state index in [2.05, 4.69) is 16.1 Å². The predicted octanol–water partition coefficient (Wildman–Crippen LogP) is 4.08. The zero-order chi connectivity index (χ0) is 21.1. The molecule has 2 heterocycles. The number of carbonyl (C=O) groups excluding carboxylic acids is 1. The second-order valence-electron chi connectivity index (χ2n) is 8.56. The van der Waals surface area contributed by atoms with Gasteiger partial charge in [0.1, 0.15) is 5.75 Å². The number of benzene rings is 1. The van der Waals surface area contributed by atoms with Crippen molar-refractivity contribution >= 4 is 17.5 Å². The van der Waals surface area contributed by atoms with Gasteiger partial charge in [-0.15, -0.1) is 0 Å². The number of likely N-dealkylation sites (tertiary alicyclic amines) is 1. The van der Waals surface area contributed by atoms with Crippen LogP contribution in [-0.2, 0) is 13.1 Å². The second kappa shape index (κ2) is 9.40. The Hall–Kier alpha value is -2.05. The quantitative estimate of drug-likeness (QED) is 0.633. The molecule has 7 heteroatoms. The summed E-state index contributed by atoms with van der Waals surface area (Å²) in [6, 6.07) is 6.09. The molecule has 1 aliphatic heterocycles. The molecule has 0 radical (unpaired) electrons. The average Bonchev–Trinajstić information content (AvgIpc) is 3.40. The Morgan fingerprint density at radius 2 is 2.07 bits per heavy atom. The maximum Gasteiger partial charge on any atom is 0.256 e. The molecule has 0 spiro atoms. The molecule has 0 bridgehead atoms. The maximum absolute atomic E-state index is 12.6. The lowest BCUT2D eigenvalue weighted by atomic mass is 9.82. The van der Waals surface area contributed by atoms with E-state index in [9.17, 15) is 4.79 Å². The summed E-state index contributed by atoms with van der Waals surface area (Å²) >= 11 is 6.64. The molecule has 6 nitrogen and oxygen atoms in total. The molecule has 2 fully saturated rings. The normalized spacial score (nSPS) is 21.4. The molecule has 4 rings (SSSR count). The fraction of sp³-hybridized carbons (Fsp3) is 0.565. The summed E-state index contributed by atoms with van der Waals surface area (Å²) in [5.41, 5.74) is 1.79. The third kappa shape index (κ3) is 4.81. The van der Waals surface area contributed by atoms with Gasteiger partial charge >= 0.3 is 0 Å². The van der Waals surface area contributed by atoms with Gasteiger partial charge in [0, 0.05) is 32.9 Å². The molecule has 1 amide bonds. The van der Waals surface area contributed by atoms with E-state index >= 15 is 0 Å². The lowest BCUT2D eigenvalue weighted by Crippen LogP contribution is -2.41. The highest BCUT2D eigenvalue weighted by Crippen LogP contribution is 2.36. The van der Waals surface area contributed by atoms with Crippen LogP contribution in [0.3, 0.4) is 0 Å². The van der Waals surface area contributed by atoms with Crippen LogP contribution in [0.15, 0.2) is 30.6 Å². The fourth-order valence-electron chi connectivity index (χ4n) is 4.39. The van der Waals surface area contributed by atoms with E-state index < -0.39 is 0 Å². The second-order valence-corrected chi connectivity index (χ2v) is 8.94. The molecule has 1 saturated carbocycles. The summed E-state index contributed by atoms with van der Waals surface area (Å²) in [7, 11) is 1.86. The topological polar surface area (TPSA) is 50.6 Å². The highest BCUT2D eigenvalue weighted by Gasteiger charge is 2.33. The van der Waals surface area contributed by atoms with Crippen molar-refractivity contribution in [3.8, 4) is 5.75 Å². The van der Waals surface area contributed by atoms with Gasteiger partial charge in [0.2, 0.25) is 0 Å². The van der Waals surface area contributed by atoms with Gasteiger partial charge in [-0.05, 0) is 63.2 Å². The maximum atomic E-state index is 12.6. The van der Waals surface area contributed by atoms with E-state index in [0.717, 1.165) is 61.9 Å². The Morgan fingerprint density at radius 1 is 1.30 bits per heavy atom. The van der Waals surface area contributed by atoms with Crippen molar-refractivity contribution in [3.05, 3.63) is 46.7 Å². The molecule has 1 aliphatic carbocycles. The number of rotatable bonds is 8. The van der Waals surface area contributed by atoms with Crippen molar-refractivity contribution in [2.75, 3.05) is 26.7 Å². The summed E-state index contributed by atoms with van der Waals surface area (Å²) in [6.45, 7) is 6.70. The third-order valence-electron chi connectivity index (χ3n) is 6.20. The molecule has 0 atom stereocenters. The van der Waals surface area contributed by atoms with Gasteiger partial charge in [0.15, 0.2) is 0 Å². The van der Waals surface area contributed by atoms with E-state index in [0.29, 0.717) is 11.5 Å². The number of aryl methyl sites for hydroxylation is 1. The van der Waals surface area contributed by atoms with Crippen LogP contribution in [0.4, 0.5) is 0 Å². The molecular weight excluding hydrogens is 400 g/mol. The van der Waals surface area contributed by atoms with Gasteiger partial charge in [-0.2, -0.15) is 5.10 Å². The number of amides is 1. The fourth-order valence-corrected chi connectivity index (χ4v) is 4.62. The van der Waals surface area contributed by atoms with Crippen LogP contribution in [0, 0.1) is 5.92 Å². The van der Waals surface area contributed by atoms with E-state index in [-0.39, 0.29) is 12.0 Å².